The molecule has 0 saturated heterocycles. The Hall–Kier alpha value is -3.64. The van der Waals surface area contributed by atoms with Crippen molar-refractivity contribution in [3.05, 3.63) is 69.9 Å². The van der Waals surface area contributed by atoms with Gasteiger partial charge in [-0.3, -0.25) is 9.48 Å². The molecule has 0 spiro atoms. The Labute approximate surface area is 202 Å². The minimum atomic E-state index is -0.474. The van der Waals surface area contributed by atoms with Gasteiger partial charge in [-0.15, -0.1) is 11.3 Å². The number of nitriles is 1. The lowest BCUT2D eigenvalue weighted by atomic mass is 9.93. The van der Waals surface area contributed by atoms with Gasteiger partial charge in [-0.05, 0) is 29.9 Å². The second kappa shape index (κ2) is 10.5. The van der Waals surface area contributed by atoms with Crippen molar-refractivity contribution in [3.63, 3.8) is 0 Å². The molecule has 1 aliphatic carbocycles. The molecule has 2 unspecified atom stereocenters. The third-order valence-electron chi connectivity index (χ3n) is 5.91. The molecular formula is C25H27N5O3S. The van der Waals surface area contributed by atoms with Crippen LogP contribution in [0.15, 0.2) is 42.7 Å². The van der Waals surface area contributed by atoms with E-state index in [9.17, 15) is 14.9 Å². The van der Waals surface area contributed by atoms with Crippen LogP contribution >= 0.6 is 11.3 Å². The number of alkyl carbamates (subject to hydrolysis) is 1. The lowest BCUT2D eigenvalue weighted by molar-refractivity contribution is -0.116. The molecule has 2 amide bonds. The zero-order chi connectivity index (χ0) is 24.1. The first-order chi connectivity index (χ1) is 16.4. The summed E-state index contributed by atoms with van der Waals surface area (Å²) in [7, 11) is 1.82. The molecule has 2 atom stereocenters. The van der Waals surface area contributed by atoms with E-state index in [1.807, 2.05) is 50.5 Å². The second-order valence-electron chi connectivity index (χ2n) is 8.53. The van der Waals surface area contributed by atoms with Gasteiger partial charge in [0.05, 0.1) is 11.8 Å². The fourth-order valence-electron chi connectivity index (χ4n) is 4.15. The lowest BCUT2D eigenvalue weighted by Gasteiger charge is -2.22. The first-order valence-electron chi connectivity index (χ1n) is 11.2. The van der Waals surface area contributed by atoms with Gasteiger partial charge < -0.3 is 15.4 Å². The van der Waals surface area contributed by atoms with Crippen LogP contribution in [-0.4, -0.2) is 27.9 Å². The Morgan fingerprint density at radius 1 is 1.35 bits per heavy atom. The predicted octanol–water partition coefficient (Wildman–Crippen LogP) is 4.27. The minimum absolute atomic E-state index is 0.0734. The topological polar surface area (TPSA) is 109 Å². The molecule has 0 bridgehead atoms. The standard InChI is InChI=1S/C25H27N5O3S/c1-16(18-6-4-3-5-7-18)10-23(31)29-24-21(12-26)20-9-8-19(11-22(20)34-24)33-25(32)27-13-17-14-28-30(2)15-17/h3-7,14-16,19H,8-11,13H2,1-2H3,(H,27,32)(H,29,31). The fraction of sp³-hybridized carbons (Fsp3) is 0.360. The highest BCUT2D eigenvalue weighted by molar-refractivity contribution is 7.16. The van der Waals surface area contributed by atoms with Crippen LogP contribution < -0.4 is 10.6 Å². The molecule has 0 aliphatic heterocycles. The van der Waals surface area contributed by atoms with E-state index in [1.165, 1.54) is 11.3 Å². The minimum Gasteiger partial charge on any atom is -0.446 e. The summed E-state index contributed by atoms with van der Waals surface area (Å²) >= 11 is 1.40. The van der Waals surface area contributed by atoms with Gasteiger partial charge in [-0.25, -0.2) is 4.79 Å². The SMILES string of the molecule is CC(CC(=O)Nc1sc2c(c1C#N)CCC(OC(=O)NCc1cnn(C)c1)C2)c1ccccc1. The van der Waals surface area contributed by atoms with Crippen LogP contribution in [0.5, 0.6) is 0 Å². The average Bonchev–Trinajstić information content (AvgIpc) is 3.40. The van der Waals surface area contributed by atoms with Crippen molar-refractivity contribution >= 4 is 28.3 Å². The number of carbonyl (C=O) groups excluding carboxylic acids is 2. The van der Waals surface area contributed by atoms with Crippen molar-refractivity contribution in [2.24, 2.45) is 7.05 Å². The van der Waals surface area contributed by atoms with Gasteiger partial charge in [0.15, 0.2) is 0 Å². The molecule has 0 fully saturated rings. The maximum atomic E-state index is 12.7. The zero-order valence-corrected chi connectivity index (χ0v) is 20.0. The third-order valence-corrected chi connectivity index (χ3v) is 7.08. The number of carbonyl (C=O) groups is 2. The first kappa shape index (κ1) is 23.5. The largest absolute Gasteiger partial charge is 0.446 e. The van der Waals surface area contributed by atoms with E-state index in [-0.39, 0.29) is 17.9 Å². The molecule has 1 aliphatic rings. The number of anilines is 1. The van der Waals surface area contributed by atoms with Crippen LogP contribution in [0.3, 0.4) is 0 Å². The van der Waals surface area contributed by atoms with Crippen molar-refractivity contribution in [2.45, 2.75) is 51.2 Å². The molecule has 2 N–H and O–H groups in total. The Bertz CT molecular complexity index is 1210. The molecule has 1 aromatic carbocycles. The van der Waals surface area contributed by atoms with Crippen LogP contribution in [0.25, 0.3) is 0 Å². The predicted molar refractivity (Wildman–Crippen MR) is 129 cm³/mol. The molecule has 0 radical (unpaired) electrons. The molecule has 176 valence electrons. The van der Waals surface area contributed by atoms with Gasteiger partial charge in [-0.2, -0.15) is 10.4 Å². The third kappa shape index (κ3) is 5.64. The quantitative estimate of drug-likeness (QED) is 0.528. The summed E-state index contributed by atoms with van der Waals surface area (Å²) in [5.41, 5.74) is 3.48. The molecule has 0 saturated carbocycles. The van der Waals surface area contributed by atoms with Gasteiger partial charge >= 0.3 is 6.09 Å². The number of hydrogen-bond acceptors (Lipinski definition) is 6. The molecule has 3 aromatic rings. The van der Waals surface area contributed by atoms with Crippen molar-refractivity contribution in [1.82, 2.24) is 15.1 Å². The molecule has 2 heterocycles. The van der Waals surface area contributed by atoms with E-state index >= 15 is 0 Å². The van der Waals surface area contributed by atoms with Gasteiger partial charge in [0.1, 0.15) is 17.2 Å². The number of fused-ring (bicyclic) bond motifs is 1. The molecular weight excluding hydrogens is 450 g/mol. The summed E-state index contributed by atoms with van der Waals surface area (Å²) in [5, 5.41) is 20.1. The van der Waals surface area contributed by atoms with E-state index in [4.69, 9.17) is 4.74 Å². The molecule has 2 aromatic heterocycles. The molecule has 4 rings (SSSR count). The van der Waals surface area contributed by atoms with E-state index in [1.54, 1.807) is 10.9 Å². The summed E-state index contributed by atoms with van der Waals surface area (Å²) in [6.07, 6.45) is 4.91. The number of rotatable bonds is 7. The van der Waals surface area contributed by atoms with E-state index < -0.39 is 6.09 Å². The van der Waals surface area contributed by atoms with Crippen molar-refractivity contribution < 1.29 is 14.3 Å². The van der Waals surface area contributed by atoms with Crippen LogP contribution in [0, 0.1) is 11.3 Å². The molecule has 34 heavy (non-hydrogen) atoms. The average molecular weight is 478 g/mol. The molecule has 8 nitrogen and oxygen atoms in total. The maximum absolute atomic E-state index is 12.7. The van der Waals surface area contributed by atoms with Crippen LogP contribution in [0.4, 0.5) is 9.80 Å². The number of ether oxygens (including phenoxy) is 1. The number of nitrogens with one attached hydrogen (secondary N) is 2. The van der Waals surface area contributed by atoms with Crippen molar-refractivity contribution in [3.8, 4) is 6.07 Å². The number of amides is 2. The summed E-state index contributed by atoms with van der Waals surface area (Å²) in [6.45, 7) is 2.36. The first-order valence-corrected chi connectivity index (χ1v) is 12.1. The van der Waals surface area contributed by atoms with E-state index in [0.29, 0.717) is 42.8 Å². The number of thiophene rings is 1. The summed E-state index contributed by atoms with van der Waals surface area (Å²) in [6, 6.07) is 12.1. The summed E-state index contributed by atoms with van der Waals surface area (Å²) in [4.78, 5) is 25.9. The lowest BCUT2D eigenvalue weighted by Crippen LogP contribution is -2.31. The van der Waals surface area contributed by atoms with Crippen LogP contribution in [-0.2, 0) is 36.0 Å². The maximum Gasteiger partial charge on any atom is 0.407 e. The Morgan fingerprint density at radius 3 is 2.85 bits per heavy atom. The summed E-state index contributed by atoms with van der Waals surface area (Å²) < 4.78 is 7.28. The highest BCUT2D eigenvalue weighted by atomic mass is 32.1. The highest BCUT2D eigenvalue weighted by Gasteiger charge is 2.28. The number of aromatic nitrogens is 2. The van der Waals surface area contributed by atoms with E-state index in [0.717, 1.165) is 21.6 Å². The fourth-order valence-corrected chi connectivity index (χ4v) is 5.43. The monoisotopic (exact) mass is 477 g/mol. The number of nitrogens with zero attached hydrogens (tertiary/aromatic N) is 3. The van der Waals surface area contributed by atoms with Gasteiger partial charge in [0.2, 0.25) is 5.91 Å². The normalized spacial score (nSPS) is 15.6. The second-order valence-corrected chi connectivity index (χ2v) is 9.63. The number of aryl methyl sites for hydroxylation is 1. The van der Waals surface area contributed by atoms with Crippen LogP contribution in [0.1, 0.15) is 52.8 Å². The Kier molecular flexibility index (Phi) is 7.28. The van der Waals surface area contributed by atoms with Gasteiger partial charge in [-0.1, -0.05) is 37.3 Å². The van der Waals surface area contributed by atoms with Gasteiger partial charge in [0, 0.05) is 43.1 Å². The van der Waals surface area contributed by atoms with Crippen molar-refractivity contribution in [2.75, 3.05) is 5.32 Å². The smallest absolute Gasteiger partial charge is 0.407 e. The summed E-state index contributed by atoms with van der Waals surface area (Å²) in [5.74, 6) is -0.0432. The van der Waals surface area contributed by atoms with Crippen LogP contribution in [0.2, 0.25) is 0 Å². The van der Waals surface area contributed by atoms with E-state index in [2.05, 4.69) is 21.8 Å². The Morgan fingerprint density at radius 2 is 2.15 bits per heavy atom. The number of benzene rings is 1. The number of hydrogen-bond donors (Lipinski definition) is 2. The van der Waals surface area contributed by atoms with Gasteiger partial charge in [0.25, 0.3) is 0 Å². The highest BCUT2D eigenvalue weighted by Crippen LogP contribution is 2.38. The van der Waals surface area contributed by atoms with Crippen molar-refractivity contribution in [1.29, 1.82) is 5.26 Å². The zero-order valence-electron chi connectivity index (χ0n) is 19.2. The Balaban J connectivity index is 1.34. The molecule has 9 heteroatoms.